The van der Waals surface area contributed by atoms with Gasteiger partial charge in [0.2, 0.25) is 15.9 Å². The van der Waals surface area contributed by atoms with Gasteiger partial charge in [-0.15, -0.1) is 0 Å². The molecular formula is C17H17FN2O3S. The number of hydrogen-bond acceptors (Lipinski definition) is 3. The average molecular weight is 348 g/mol. The Labute approximate surface area is 139 Å². The van der Waals surface area contributed by atoms with Gasteiger partial charge in [-0.2, -0.15) is 4.31 Å². The lowest BCUT2D eigenvalue weighted by Crippen LogP contribution is -2.32. The third-order valence-electron chi connectivity index (χ3n) is 3.95. The van der Waals surface area contributed by atoms with Crippen LogP contribution in [0.15, 0.2) is 53.4 Å². The molecule has 0 saturated heterocycles. The Kier molecular flexibility index (Phi) is 4.38. The Morgan fingerprint density at radius 3 is 2.17 bits per heavy atom. The number of nitrogens with two attached hydrogens (primary N) is 1. The second-order valence-electron chi connectivity index (χ2n) is 5.80. The van der Waals surface area contributed by atoms with E-state index in [1.807, 2.05) is 0 Å². The van der Waals surface area contributed by atoms with E-state index in [1.165, 1.54) is 16.4 Å². The molecule has 0 aliphatic heterocycles. The van der Waals surface area contributed by atoms with Gasteiger partial charge in [0, 0.05) is 18.2 Å². The minimum absolute atomic E-state index is 0.0455. The number of rotatable bonds is 6. The average Bonchev–Trinajstić information content (AvgIpc) is 3.38. The third kappa shape index (κ3) is 3.47. The summed E-state index contributed by atoms with van der Waals surface area (Å²) < 4.78 is 40.1. The molecule has 24 heavy (non-hydrogen) atoms. The highest BCUT2D eigenvalue weighted by molar-refractivity contribution is 7.89. The summed E-state index contributed by atoms with van der Waals surface area (Å²) in [5.41, 5.74) is 6.34. The third-order valence-corrected chi connectivity index (χ3v) is 5.86. The molecule has 0 heterocycles. The van der Waals surface area contributed by atoms with E-state index in [0.717, 1.165) is 30.5 Å². The van der Waals surface area contributed by atoms with Crippen molar-refractivity contribution < 1.29 is 17.6 Å². The number of benzene rings is 2. The number of carbonyl (C=O) groups excluding carboxylic acids is 1. The van der Waals surface area contributed by atoms with Gasteiger partial charge in [0.25, 0.3) is 0 Å². The van der Waals surface area contributed by atoms with E-state index >= 15 is 0 Å². The molecule has 0 atom stereocenters. The van der Waals surface area contributed by atoms with Gasteiger partial charge in [-0.05, 0) is 54.8 Å². The zero-order valence-corrected chi connectivity index (χ0v) is 13.7. The SMILES string of the molecule is NC(=O)c1ccc(CN(C2CC2)S(=O)(=O)c2ccc(F)cc2)cc1. The van der Waals surface area contributed by atoms with Crippen LogP contribution in [0.5, 0.6) is 0 Å². The van der Waals surface area contributed by atoms with Crippen molar-refractivity contribution in [2.24, 2.45) is 5.73 Å². The fraction of sp³-hybridized carbons (Fsp3) is 0.235. The van der Waals surface area contributed by atoms with Gasteiger partial charge < -0.3 is 5.73 Å². The zero-order chi connectivity index (χ0) is 17.3. The van der Waals surface area contributed by atoms with Gasteiger partial charge >= 0.3 is 0 Å². The molecule has 0 aromatic heterocycles. The van der Waals surface area contributed by atoms with E-state index in [9.17, 15) is 17.6 Å². The van der Waals surface area contributed by atoms with Gasteiger partial charge in [-0.1, -0.05) is 12.1 Å². The summed E-state index contributed by atoms with van der Waals surface area (Å²) in [5.74, 6) is -1.01. The van der Waals surface area contributed by atoms with Crippen LogP contribution in [-0.2, 0) is 16.6 Å². The maximum absolute atomic E-state index is 13.1. The molecule has 0 spiro atoms. The fourth-order valence-electron chi connectivity index (χ4n) is 2.47. The first kappa shape index (κ1) is 16.6. The Hall–Kier alpha value is -2.25. The van der Waals surface area contributed by atoms with E-state index in [-0.39, 0.29) is 17.5 Å². The standard InChI is InChI=1S/C17H17FN2O3S/c18-14-5-9-16(10-6-14)24(22,23)20(15-7-8-15)11-12-1-3-13(4-2-12)17(19)21/h1-6,9-10,15H,7-8,11H2,(H2,19,21). The first-order chi connectivity index (χ1) is 11.4. The maximum atomic E-state index is 13.1. The van der Waals surface area contributed by atoms with Crippen LogP contribution in [-0.4, -0.2) is 24.7 Å². The molecule has 126 valence electrons. The number of sulfonamides is 1. The maximum Gasteiger partial charge on any atom is 0.248 e. The molecule has 2 aromatic rings. The summed E-state index contributed by atoms with van der Waals surface area (Å²) in [4.78, 5) is 11.2. The van der Waals surface area contributed by atoms with E-state index in [4.69, 9.17) is 5.73 Å². The molecule has 1 saturated carbocycles. The monoisotopic (exact) mass is 348 g/mol. The molecular weight excluding hydrogens is 331 g/mol. The van der Waals surface area contributed by atoms with Crippen molar-refractivity contribution in [2.75, 3.05) is 0 Å². The first-order valence-electron chi connectivity index (χ1n) is 7.54. The highest BCUT2D eigenvalue weighted by Crippen LogP contribution is 2.33. The van der Waals surface area contributed by atoms with Gasteiger partial charge in [-0.3, -0.25) is 4.79 Å². The predicted octanol–water partition coefficient (Wildman–Crippen LogP) is 2.28. The minimum Gasteiger partial charge on any atom is -0.366 e. The first-order valence-corrected chi connectivity index (χ1v) is 8.98. The zero-order valence-electron chi connectivity index (χ0n) is 12.9. The summed E-state index contributed by atoms with van der Waals surface area (Å²) in [5, 5.41) is 0. The highest BCUT2D eigenvalue weighted by atomic mass is 32.2. The highest BCUT2D eigenvalue weighted by Gasteiger charge is 2.38. The number of primary amides is 1. The van der Waals surface area contributed by atoms with Crippen molar-refractivity contribution in [1.82, 2.24) is 4.31 Å². The van der Waals surface area contributed by atoms with E-state index in [2.05, 4.69) is 0 Å². The molecule has 7 heteroatoms. The topological polar surface area (TPSA) is 80.5 Å². The van der Waals surface area contributed by atoms with Crippen molar-refractivity contribution >= 4 is 15.9 Å². The lowest BCUT2D eigenvalue weighted by atomic mass is 10.1. The van der Waals surface area contributed by atoms with Crippen LogP contribution < -0.4 is 5.73 Å². The Morgan fingerprint density at radius 1 is 1.08 bits per heavy atom. The summed E-state index contributed by atoms with van der Waals surface area (Å²) in [6, 6.07) is 11.3. The van der Waals surface area contributed by atoms with Crippen molar-refractivity contribution in [2.45, 2.75) is 30.3 Å². The number of nitrogens with zero attached hydrogens (tertiary/aromatic N) is 1. The Morgan fingerprint density at radius 2 is 1.67 bits per heavy atom. The van der Waals surface area contributed by atoms with Gasteiger partial charge in [-0.25, -0.2) is 12.8 Å². The minimum atomic E-state index is -3.70. The van der Waals surface area contributed by atoms with Crippen molar-refractivity contribution in [3.63, 3.8) is 0 Å². The van der Waals surface area contributed by atoms with Crippen molar-refractivity contribution in [3.8, 4) is 0 Å². The van der Waals surface area contributed by atoms with Crippen LogP contribution >= 0.6 is 0 Å². The van der Waals surface area contributed by atoms with Crippen LogP contribution in [0.3, 0.4) is 0 Å². The Bertz CT molecular complexity index is 844. The van der Waals surface area contributed by atoms with Crippen LogP contribution in [0.1, 0.15) is 28.8 Å². The fourth-order valence-corrected chi connectivity index (χ4v) is 4.14. The number of hydrogen-bond donors (Lipinski definition) is 1. The van der Waals surface area contributed by atoms with Crippen molar-refractivity contribution in [3.05, 3.63) is 65.5 Å². The van der Waals surface area contributed by atoms with Crippen molar-refractivity contribution in [1.29, 1.82) is 0 Å². The molecule has 2 aromatic carbocycles. The lowest BCUT2D eigenvalue weighted by molar-refractivity contribution is 0.1000. The number of amides is 1. The largest absolute Gasteiger partial charge is 0.366 e. The quantitative estimate of drug-likeness (QED) is 0.870. The van der Waals surface area contributed by atoms with Crippen LogP contribution in [0.25, 0.3) is 0 Å². The molecule has 1 aliphatic carbocycles. The molecule has 1 fully saturated rings. The van der Waals surface area contributed by atoms with E-state index in [0.29, 0.717) is 5.56 Å². The van der Waals surface area contributed by atoms with Crippen LogP contribution in [0, 0.1) is 5.82 Å². The number of halogens is 1. The molecule has 5 nitrogen and oxygen atoms in total. The molecule has 0 radical (unpaired) electrons. The van der Waals surface area contributed by atoms with E-state index in [1.54, 1.807) is 24.3 Å². The molecule has 0 unspecified atom stereocenters. The predicted molar refractivity (Wildman–Crippen MR) is 87.1 cm³/mol. The van der Waals surface area contributed by atoms with Gasteiger partial charge in [0.15, 0.2) is 0 Å². The van der Waals surface area contributed by atoms with E-state index < -0.39 is 21.7 Å². The van der Waals surface area contributed by atoms with Gasteiger partial charge in [0.1, 0.15) is 5.82 Å². The normalized spacial score (nSPS) is 14.8. The number of carbonyl (C=O) groups is 1. The molecule has 1 aliphatic rings. The van der Waals surface area contributed by atoms with Crippen LogP contribution in [0.2, 0.25) is 0 Å². The molecule has 0 bridgehead atoms. The smallest absolute Gasteiger partial charge is 0.248 e. The summed E-state index contributed by atoms with van der Waals surface area (Å²) in [7, 11) is -3.70. The summed E-state index contributed by atoms with van der Waals surface area (Å²) in [6.45, 7) is 0.198. The van der Waals surface area contributed by atoms with Crippen LogP contribution in [0.4, 0.5) is 4.39 Å². The second kappa shape index (κ2) is 6.33. The lowest BCUT2D eigenvalue weighted by Gasteiger charge is -2.22. The van der Waals surface area contributed by atoms with Gasteiger partial charge in [0.05, 0.1) is 4.90 Å². The summed E-state index contributed by atoms with van der Waals surface area (Å²) >= 11 is 0. The molecule has 2 N–H and O–H groups in total. The summed E-state index contributed by atoms with van der Waals surface area (Å²) in [6.07, 6.45) is 1.61. The Balaban J connectivity index is 1.87. The second-order valence-corrected chi connectivity index (χ2v) is 7.69. The molecule has 3 rings (SSSR count). The molecule has 1 amide bonds.